The van der Waals surface area contributed by atoms with Crippen molar-refractivity contribution in [3.05, 3.63) is 47.0 Å². The summed E-state index contributed by atoms with van der Waals surface area (Å²) in [5, 5.41) is 0. The lowest BCUT2D eigenvalue weighted by molar-refractivity contribution is -0.114. The molecule has 0 aliphatic carbocycles. The predicted molar refractivity (Wildman–Crippen MR) is 99.4 cm³/mol. The number of fused-ring (bicyclic) bond motifs is 1. The molecule has 2 aromatic carbocycles. The molecule has 0 spiro atoms. The molecule has 0 fully saturated rings. The van der Waals surface area contributed by atoms with Crippen LogP contribution in [-0.4, -0.2) is 46.1 Å². The van der Waals surface area contributed by atoms with Crippen LogP contribution in [0.2, 0.25) is 0 Å². The lowest BCUT2D eigenvalue weighted by atomic mass is 10.1. The molecule has 0 bridgehead atoms. The summed E-state index contributed by atoms with van der Waals surface area (Å²) in [5.41, 5.74) is 1.64. The average Bonchev–Trinajstić information content (AvgIpc) is 2.96. The highest BCUT2D eigenvalue weighted by atomic mass is 16.5. The molecule has 1 amide bonds. The molecule has 1 aliphatic heterocycles. The van der Waals surface area contributed by atoms with Crippen LogP contribution in [0.5, 0.6) is 17.2 Å². The Hall–Kier alpha value is -3.55. The molecule has 0 N–H and O–H groups in total. The molecule has 3 rings (SSSR count). The van der Waals surface area contributed by atoms with Crippen molar-refractivity contribution in [3.63, 3.8) is 0 Å². The highest BCUT2D eigenvalue weighted by Crippen LogP contribution is 2.48. The van der Waals surface area contributed by atoms with E-state index in [1.807, 2.05) is 0 Å². The summed E-state index contributed by atoms with van der Waals surface area (Å²) < 4.78 is 20.6. The number of hydrogen-bond acceptors (Lipinski definition) is 7. The molecule has 8 nitrogen and oxygen atoms in total. The summed E-state index contributed by atoms with van der Waals surface area (Å²) in [6.07, 6.45) is 0. The van der Waals surface area contributed by atoms with Gasteiger partial charge >= 0.3 is 5.97 Å². The number of Topliss-reactive ketones (excluding diaryl/α,β-unsaturated/α-hetero) is 1. The van der Waals surface area contributed by atoms with E-state index in [2.05, 4.69) is 4.74 Å². The van der Waals surface area contributed by atoms with Crippen molar-refractivity contribution in [1.82, 2.24) is 0 Å². The van der Waals surface area contributed by atoms with Crippen molar-refractivity contribution in [3.8, 4) is 17.2 Å². The average molecular weight is 385 g/mol. The first-order chi connectivity index (χ1) is 13.5. The van der Waals surface area contributed by atoms with Crippen LogP contribution in [-0.2, 0) is 16.1 Å². The standard InChI is InChI=1S/C20H19NO7/c1-25-14-9-13-15(18(27-3)17(14)26-2)16(22)19(23)21(13)10-11-5-7-12(8-6-11)20(24)28-4/h5-9H,10H2,1-4H3. The van der Waals surface area contributed by atoms with E-state index in [4.69, 9.17) is 14.2 Å². The first-order valence-electron chi connectivity index (χ1n) is 8.33. The summed E-state index contributed by atoms with van der Waals surface area (Å²) in [4.78, 5) is 38.1. The Bertz CT molecular complexity index is 950. The number of hydrogen-bond donors (Lipinski definition) is 0. The number of carbonyl (C=O) groups is 3. The first kappa shape index (κ1) is 19.2. The molecular formula is C20H19NO7. The number of esters is 1. The highest BCUT2D eigenvalue weighted by Gasteiger charge is 2.41. The fourth-order valence-electron chi connectivity index (χ4n) is 3.12. The molecule has 146 valence electrons. The molecule has 8 heteroatoms. The van der Waals surface area contributed by atoms with Crippen LogP contribution in [0.25, 0.3) is 0 Å². The van der Waals surface area contributed by atoms with Gasteiger partial charge in [0, 0.05) is 6.07 Å². The van der Waals surface area contributed by atoms with Crippen molar-refractivity contribution >= 4 is 23.3 Å². The molecule has 2 aromatic rings. The van der Waals surface area contributed by atoms with Crippen molar-refractivity contribution in [2.75, 3.05) is 33.3 Å². The fraction of sp³-hybridized carbons (Fsp3) is 0.250. The van der Waals surface area contributed by atoms with Crippen molar-refractivity contribution in [2.24, 2.45) is 0 Å². The van der Waals surface area contributed by atoms with E-state index < -0.39 is 17.7 Å². The van der Waals surface area contributed by atoms with Gasteiger partial charge in [0.15, 0.2) is 11.5 Å². The number of anilines is 1. The van der Waals surface area contributed by atoms with E-state index in [9.17, 15) is 14.4 Å². The Balaban J connectivity index is 2.02. The van der Waals surface area contributed by atoms with Gasteiger partial charge in [-0.25, -0.2) is 4.79 Å². The SMILES string of the molecule is COC(=O)c1ccc(CN2C(=O)C(=O)c3c2cc(OC)c(OC)c3OC)cc1. The normalized spacial score (nSPS) is 12.6. The lowest BCUT2D eigenvalue weighted by Crippen LogP contribution is -2.29. The van der Waals surface area contributed by atoms with Gasteiger partial charge in [-0.05, 0) is 17.7 Å². The Morgan fingerprint density at radius 2 is 1.57 bits per heavy atom. The van der Waals surface area contributed by atoms with Gasteiger partial charge in [0.05, 0.1) is 51.8 Å². The maximum Gasteiger partial charge on any atom is 0.337 e. The summed E-state index contributed by atoms with van der Waals surface area (Å²) in [6, 6.07) is 8.15. The van der Waals surface area contributed by atoms with E-state index in [-0.39, 0.29) is 23.6 Å². The van der Waals surface area contributed by atoms with Crippen molar-refractivity contribution < 1.29 is 33.3 Å². The van der Waals surface area contributed by atoms with Crippen LogP contribution in [0.4, 0.5) is 5.69 Å². The minimum Gasteiger partial charge on any atom is -0.493 e. The topological polar surface area (TPSA) is 91.4 Å². The van der Waals surface area contributed by atoms with Crippen LogP contribution in [0.15, 0.2) is 30.3 Å². The van der Waals surface area contributed by atoms with E-state index >= 15 is 0 Å². The number of amides is 1. The molecule has 28 heavy (non-hydrogen) atoms. The van der Waals surface area contributed by atoms with Gasteiger partial charge in [-0.3, -0.25) is 9.59 Å². The number of rotatable bonds is 6. The predicted octanol–water partition coefficient (Wildman–Crippen LogP) is 2.23. The third kappa shape index (κ3) is 3.02. The minimum atomic E-state index is -0.681. The molecule has 0 saturated carbocycles. The minimum absolute atomic E-state index is 0.135. The molecule has 1 heterocycles. The zero-order valence-electron chi connectivity index (χ0n) is 15.9. The van der Waals surface area contributed by atoms with E-state index in [1.54, 1.807) is 30.3 Å². The van der Waals surface area contributed by atoms with Gasteiger partial charge in [-0.2, -0.15) is 0 Å². The Morgan fingerprint density at radius 1 is 0.929 bits per heavy atom. The number of nitrogens with zero attached hydrogens (tertiary/aromatic N) is 1. The molecule has 0 aromatic heterocycles. The Labute approximate surface area is 161 Å². The van der Waals surface area contributed by atoms with E-state index in [0.29, 0.717) is 17.0 Å². The number of carbonyl (C=O) groups excluding carboxylic acids is 3. The van der Waals surface area contributed by atoms with Gasteiger partial charge in [0.1, 0.15) is 0 Å². The van der Waals surface area contributed by atoms with Gasteiger partial charge in [0.25, 0.3) is 11.7 Å². The summed E-state index contributed by atoms with van der Waals surface area (Å²) in [7, 11) is 5.58. The molecule has 0 radical (unpaired) electrons. The van der Waals surface area contributed by atoms with E-state index in [1.165, 1.54) is 33.3 Å². The van der Waals surface area contributed by atoms with E-state index in [0.717, 1.165) is 5.56 Å². The number of benzene rings is 2. The highest BCUT2D eigenvalue weighted by molar-refractivity contribution is 6.53. The summed E-state index contributed by atoms with van der Waals surface area (Å²) in [5.74, 6) is -1.08. The van der Waals surface area contributed by atoms with Crippen LogP contribution < -0.4 is 19.1 Å². The molecule has 0 unspecified atom stereocenters. The Morgan fingerprint density at radius 3 is 2.11 bits per heavy atom. The number of ketones is 1. The monoisotopic (exact) mass is 385 g/mol. The molecule has 0 atom stereocenters. The zero-order chi connectivity index (χ0) is 20.4. The van der Waals surface area contributed by atoms with Gasteiger partial charge < -0.3 is 23.8 Å². The van der Waals surface area contributed by atoms with Crippen LogP contribution >= 0.6 is 0 Å². The molecular weight excluding hydrogens is 366 g/mol. The smallest absolute Gasteiger partial charge is 0.337 e. The maximum absolute atomic E-state index is 12.6. The maximum atomic E-state index is 12.6. The lowest BCUT2D eigenvalue weighted by Gasteiger charge is -2.19. The van der Waals surface area contributed by atoms with Gasteiger partial charge in [-0.15, -0.1) is 0 Å². The van der Waals surface area contributed by atoms with Gasteiger partial charge in [0.2, 0.25) is 5.75 Å². The summed E-state index contributed by atoms with van der Waals surface area (Å²) >= 11 is 0. The third-order valence-corrected chi connectivity index (χ3v) is 4.48. The number of ether oxygens (including phenoxy) is 4. The van der Waals surface area contributed by atoms with Crippen molar-refractivity contribution in [1.29, 1.82) is 0 Å². The number of methoxy groups -OCH3 is 4. The van der Waals surface area contributed by atoms with Crippen LogP contribution in [0, 0.1) is 0 Å². The zero-order valence-corrected chi connectivity index (χ0v) is 15.9. The quantitative estimate of drug-likeness (QED) is 0.556. The fourth-order valence-corrected chi connectivity index (χ4v) is 3.12. The first-order valence-corrected chi connectivity index (χ1v) is 8.33. The second-order valence-corrected chi connectivity index (χ2v) is 5.95. The summed E-state index contributed by atoms with van der Waals surface area (Å²) in [6.45, 7) is 0.137. The second-order valence-electron chi connectivity index (χ2n) is 5.95. The van der Waals surface area contributed by atoms with Crippen LogP contribution in [0.3, 0.4) is 0 Å². The van der Waals surface area contributed by atoms with Crippen molar-refractivity contribution in [2.45, 2.75) is 6.54 Å². The molecule has 1 aliphatic rings. The molecule has 0 saturated heterocycles. The second kappa shape index (κ2) is 7.59. The Kier molecular flexibility index (Phi) is 5.21. The van der Waals surface area contributed by atoms with Crippen LogP contribution in [0.1, 0.15) is 26.3 Å². The van der Waals surface area contributed by atoms with Gasteiger partial charge in [-0.1, -0.05) is 12.1 Å². The largest absolute Gasteiger partial charge is 0.493 e. The third-order valence-electron chi connectivity index (χ3n) is 4.48.